The second-order valence-corrected chi connectivity index (χ2v) is 2.39. The molecule has 2 amide bonds. The van der Waals surface area contributed by atoms with E-state index < -0.39 is 24.6 Å². The van der Waals surface area contributed by atoms with Gasteiger partial charge in [-0.25, -0.2) is 0 Å². The number of primary amides is 1. The number of rotatable bonds is 3. The van der Waals surface area contributed by atoms with Gasteiger partial charge in [-0.1, -0.05) is 6.92 Å². The van der Waals surface area contributed by atoms with E-state index in [0.717, 1.165) is 5.32 Å². The summed E-state index contributed by atoms with van der Waals surface area (Å²) in [5.41, 5.74) is 4.65. The molecular formula is C7H11F3N2O4. The molecule has 94 valence electrons. The van der Waals surface area contributed by atoms with E-state index in [1.807, 2.05) is 0 Å². The number of carboxylic acid groups (broad SMARTS) is 1. The van der Waals surface area contributed by atoms with Crippen molar-refractivity contribution in [2.24, 2.45) is 5.73 Å². The maximum absolute atomic E-state index is 11.3. The van der Waals surface area contributed by atoms with Crippen molar-refractivity contribution < 1.29 is 32.7 Å². The molecule has 9 heteroatoms. The molecule has 0 saturated carbocycles. The second-order valence-electron chi connectivity index (χ2n) is 2.39. The molecule has 0 radical (unpaired) electrons. The number of nitrogens with two attached hydrogens (primary N) is 1. The number of aliphatic carboxylic acids is 1. The SMILES string of the molecule is CCC(N)=O.O=C(O)CNC(=O)C(F)(F)F. The standard InChI is InChI=1S/C4H4F3NO3.C3H7NO/c5-4(6,7)3(11)8-1-2(9)10;1-2-3(4)5/h1H2,(H,8,11)(H,9,10);2H2,1H3,(H2,4,5). The smallest absolute Gasteiger partial charge is 0.471 e. The fourth-order valence-corrected chi connectivity index (χ4v) is 0.256. The Morgan fingerprint density at radius 2 is 1.69 bits per heavy atom. The molecule has 0 heterocycles. The number of nitrogens with one attached hydrogen (secondary N) is 1. The van der Waals surface area contributed by atoms with Crippen molar-refractivity contribution in [2.75, 3.05) is 6.54 Å². The number of halogens is 3. The molecule has 0 aromatic carbocycles. The number of hydrogen-bond donors (Lipinski definition) is 3. The maximum atomic E-state index is 11.3. The van der Waals surface area contributed by atoms with Crippen LogP contribution in [0.3, 0.4) is 0 Å². The molecule has 0 bridgehead atoms. The lowest BCUT2D eigenvalue weighted by molar-refractivity contribution is -0.174. The summed E-state index contributed by atoms with van der Waals surface area (Å²) in [6.45, 7) is 0.695. The first-order valence-corrected chi connectivity index (χ1v) is 3.96. The molecule has 0 aliphatic carbocycles. The zero-order valence-electron chi connectivity index (χ0n) is 8.30. The van der Waals surface area contributed by atoms with Crippen molar-refractivity contribution >= 4 is 17.8 Å². The van der Waals surface area contributed by atoms with E-state index >= 15 is 0 Å². The predicted molar refractivity (Wildman–Crippen MR) is 46.2 cm³/mol. The van der Waals surface area contributed by atoms with E-state index in [2.05, 4.69) is 5.73 Å². The first kappa shape index (κ1) is 16.6. The summed E-state index contributed by atoms with van der Waals surface area (Å²) in [6, 6.07) is 0. The lowest BCUT2D eigenvalue weighted by atomic mass is 10.5. The van der Waals surface area contributed by atoms with Gasteiger partial charge < -0.3 is 16.2 Å². The summed E-state index contributed by atoms with van der Waals surface area (Å²) in [4.78, 5) is 29.1. The van der Waals surface area contributed by atoms with Crippen LogP contribution in [0.5, 0.6) is 0 Å². The lowest BCUT2D eigenvalue weighted by Gasteiger charge is -2.04. The molecule has 0 aliphatic heterocycles. The minimum atomic E-state index is -5.02. The number of carbonyl (C=O) groups is 3. The molecule has 0 saturated heterocycles. The van der Waals surface area contributed by atoms with Gasteiger partial charge in [-0.2, -0.15) is 13.2 Å². The minimum Gasteiger partial charge on any atom is -0.480 e. The van der Waals surface area contributed by atoms with Gasteiger partial charge in [0.15, 0.2) is 0 Å². The molecule has 0 atom stereocenters. The highest BCUT2D eigenvalue weighted by atomic mass is 19.4. The van der Waals surface area contributed by atoms with Gasteiger partial charge in [0.2, 0.25) is 5.91 Å². The molecule has 0 aliphatic rings. The van der Waals surface area contributed by atoms with Crippen LogP contribution < -0.4 is 11.1 Å². The summed E-state index contributed by atoms with van der Waals surface area (Å²) >= 11 is 0. The fourth-order valence-electron chi connectivity index (χ4n) is 0.256. The Balaban J connectivity index is 0. The molecule has 0 spiro atoms. The van der Waals surface area contributed by atoms with E-state index in [1.165, 1.54) is 0 Å². The van der Waals surface area contributed by atoms with Gasteiger partial charge in [-0.05, 0) is 0 Å². The van der Waals surface area contributed by atoms with E-state index in [-0.39, 0.29) is 5.91 Å². The first-order chi connectivity index (χ1) is 7.11. The van der Waals surface area contributed by atoms with E-state index in [1.54, 1.807) is 6.92 Å². The van der Waals surface area contributed by atoms with Crippen LogP contribution in [0.15, 0.2) is 0 Å². The Morgan fingerprint density at radius 3 is 1.88 bits per heavy atom. The summed E-state index contributed by atoms with van der Waals surface area (Å²) in [5.74, 6) is -4.02. The predicted octanol–water partition coefficient (Wildman–Crippen LogP) is -0.369. The van der Waals surface area contributed by atoms with Gasteiger partial charge in [0, 0.05) is 6.42 Å². The molecule has 16 heavy (non-hydrogen) atoms. The Morgan fingerprint density at radius 1 is 1.31 bits per heavy atom. The van der Waals surface area contributed by atoms with Crippen LogP contribution >= 0.6 is 0 Å². The van der Waals surface area contributed by atoms with Crippen molar-refractivity contribution in [1.82, 2.24) is 5.32 Å². The van der Waals surface area contributed by atoms with E-state index in [9.17, 15) is 27.6 Å². The Kier molecular flexibility index (Phi) is 7.78. The Hall–Kier alpha value is -1.80. The molecule has 0 fully saturated rings. The molecule has 0 unspecified atom stereocenters. The van der Waals surface area contributed by atoms with E-state index in [0.29, 0.717) is 6.42 Å². The van der Waals surface area contributed by atoms with Crippen molar-refractivity contribution in [3.63, 3.8) is 0 Å². The normalized spacial score (nSPS) is 9.75. The largest absolute Gasteiger partial charge is 0.480 e. The minimum absolute atomic E-state index is 0.245. The van der Waals surface area contributed by atoms with Crippen LogP contribution in [0, 0.1) is 0 Å². The van der Waals surface area contributed by atoms with Crippen LogP contribution in [-0.2, 0) is 14.4 Å². The zero-order valence-corrected chi connectivity index (χ0v) is 8.30. The van der Waals surface area contributed by atoms with Crippen molar-refractivity contribution in [3.05, 3.63) is 0 Å². The Labute approximate surface area is 88.6 Å². The highest BCUT2D eigenvalue weighted by Gasteiger charge is 2.38. The van der Waals surface area contributed by atoms with Gasteiger partial charge in [-0.15, -0.1) is 0 Å². The third-order valence-electron chi connectivity index (χ3n) is 1.01. The highest BCUT2D eigenvalue weighted by molar-refractivity contribution is 5.85. The molecular weight excluding hydrogens is 233 g/mol. The number of hydrogen-bond acceptors (Lipinski definition) is 3. The number of amides is 2. The van der Waals surface area contributed by atoms with Crippen molar-refractivity contribution in [1.29, 1.82) is 0 Å². The number of carbonyl (C=O) groups excluding carboxylic acids is 2. The Bertz CT molecular complexity index is 265. The van der Waals surface area contributed by atoms with Gasteiger partial charge in [0.1, 0.15) is 6.54 Å². The van der Waals surface area contributed by atoms with Crippen LogP contribution in [0.4, 0.5) is 13.2 Å². The van der Waals surface area contributed by atoms with Crippen LogP contribution in [0.1, 0.15) is 13.3 Å². The third-order valence-corrected chi connectivity index (χ3v) is 1.01. The molecule has 0 aromatic heterocycles. The monoisotopic (exact) mass is 244 g/mol. The van der Waals surface area contributed by atoms with Crippen LogP contribution in [-0.4, -0.2) is 35.6 Å². The van der Waals surface area contributed by atoms with Gasteiger partial charge in [0.25, 0.3) is 0 Å². The number of alkyl halides is 3. The van der Waals surface area contributed by atoms with Crippen molar-refractivity contribution in [3.8, 4) is 0 Å². The molecule has 6 nitrogen and oxygen atoms in total. The van der Waals surface area contributed by atoms with Crippen LogP contribution in [0.25, 0.3) is 0 Å². The summed E-state index contributed by atoms with van der Waals surface area (Å²) in [5, 5.41) is 9.00. The van der Waals surface area contributed by atoms with Gasteiger partial charge in [0.05, 0.1) is 0 Å². The summed E-state index contributed by atoms with van der Waals surface area (Å²) < 4.78 is 33.9. The maximum Gasteiger partial charge on any atom is 0.471 e. The second kappa shape index (κ2) is 7.49. The third kappa shape index (κ3) is 12.2. The average Bonchev–Trinajstić information content (AvgIpc) is 2.13. The first-order valence-electron chi connectivity index (χ1n) is 3.96. The van der Waals surface area contributed by atoms with E-state index in [4.69, 9.17) is 5.11 Å². The van der Waals surface area contributed by atoms with Gasteiger partial charge in [-0.3, -0.25) is 14.4 Å². The quantitative estimate of drug-likeness (QED) is 0.629. The fraction of sp³-hybridized carbons (Fsp3) is 0.571. The topological polar surface area (TPSA) is 109 Å². The highest BCUT2D eigenvalue weighted by Crippen LogP contribution is 2.13. The summed E-state index contributed by atoms with van der Waals surface area (Å²) in [7, 11) is 0. The number of carboxylic acids is 1. The molecule has 0 rings (SSSR count). The molecule has 0 aromatic rings. The lowest BCUT2D eigenvalue weighted by Crippen LogP contribution is -2.39. The van der Waals surface area contributed by atoms with Crippen molar-refractivity contribution in [2.45, 2.75) is 19.5 Å². The average molecular weight is 244 g/mol. The summed E-state index contributed by atoms with van der Waals surface area (Å²) in [6.07, 6.45) is -4.57. The molecule has 4 N–H and O–H groups in total. The van der Waals surface area contributed by atoms with Gasteiger partial charge >= 0.3 is 18.1 Å². The van der Waals surface area contributed by atoms with Crippen LogP contribution in [0.2, 0.25) is 0 Å². The zero-order chi connectivity index (χ0) is 13.4.